The Bertz CT molecular complexity index is 1200. The van der Waals surface area contributed by atoms with Gasteiger partial charge in [-0.05, 0) is 31.2 Å². The Morgan fingerprint density at radius 3 is 2.48 bits per heavy atom. The number of aryl methyl sites for hydroxylation is 1. The lowest BCUT2D eigenvalue weighted by Gasteiger charge is -2.08. The van der Waals surface area contributed by atoms with Crippen LogP contribution in [0.5, 0.6) is 0 Å². The molecule has 0 fully saturated rings. The second-order valence-corrected chi connectivity index (χ2v) is 7.70. The van der Waals surface area contributed by atoms with Crippen LogP contribution < -0.4 is 10.5 Å². The summed E-state index contributed by atoms with van der Waals surface area (Å²) in [6.45, 7) is 1.88. The molecule has 2 aromatic carbocycles. The van der Waals surface area contributed by atoms with Crippen LogP contribution in [0.2, 0.25) is 0 Å². The number of nitrogens with one attached hydrogen (secondary N) is 2. The number of fused-ring (bicyclic) bond motifs is 1. The van der Waals surface area contributed by atoms with E-state index in [9.17, 15) is 8.42 Å². The standard InChI is InChI=1S/C18H16N6O2S/c1-11-6-8-12(9-7-11)27(25,26)24-18-20-10-13(16(19)23-18)17-21-14-4-2-3-5-15(14)22-17/h2-10H,1H3,(H,21,22)(H3,19,20,23,24). The molecule has 0 radical (unpaired) electrons. The van der Waals surface area contributed by atoms with Gasteiger partial charge in [-0.3, -0.25) is 0 Å². The summed E-state index contributed by atoms with van der Waals surface area (Å²) in [6, 6.07) is 14.0. The molecule has 4 N–H and O–H groups in total. The molecule has 4 rings (SSSR count). The van der Waals surface area contributed by atoms with Gasteiger partial charge in [0, 0.05) is 6.20 Å². The van der Waals surface area contributed by atoms with Gasteiger partial charge in [-0.25, -0.2) is 23.1 Å². The number of aromatic nitrogens is 4. The van der Waals surface area contributed by atoms with Crippen LogP contribution in [0.15, 0.2) is 59.6 Å². The van der Waals surface area contributed by atoms with E-state index in [1.165, 1.54) is 18.3 Å². The first-order chi connectivity index (χ1) is 12.9. The Morgan fingerprint density at radius 2 is 1.78 bits per heavy atom. The maximum atomic E-state index is 12.4. The normalized spacial score (nSPS) is 11.6. The summed E-state index contributed by atoms with van der Waals surface area (Å²) in [5, 5.41) is 0. The van der Waals surface area contributed by atoms with Gasteiger partial charge in [0.25, 0.3) is 10.0 Å². The maximum Gasteiger partial charge on any atom is 0.264 e. The van der Waals surface area contributed by atoms with Gasteiger partial charge in [0.2, 0.25) is 5.95 Å². The fourth-order valence-electron chi connectivity index (χ4n) is 2.60. The van der Waals surface area contributed by atoms with E-state index in [1.54, 1.807) is 12.1 Å². The topological polar surface area (TPSA) is 127 Å². The van der Waals surface area contributed by atoms with E-state index in [0.29, 0.717) is 11.4 Å². The number of rotatable bonds is 4. The van der Waals surface area contributed by atoms with Crippen molar-refractivity contribution in [2.45, 2.75) is 11.8 Å². The van der Waals surface area contributed by atoms with Gasteiger partial charge < -0.3 is 10.7 Å². The fourth-order valence-corrected chi connectivity index (χ4v) is 3.55. The molecular formula is C18H16N6O2S. The quantitative estimate of drug-likeness (QED) is 0.500. The first kappa shape index (κ1) is 17.0. The van der Waals surface area contributed by atoms with Crippen LogP contribution in [0.1, 0.15) is 5.56 Å². The molecule has 4 aromatic rings. The number of benzene rings is 2. The van der Waals surface area contributed by atoms with Gasteiger partial charge in [-0.1, -0.05) is 29.8 Å². The number of imidazole rings is 1. The van der Waals surface area contributed by atoms with Gasteiger partial charge in [0.05, 0.1) is 21.5 Å². The highest BCUT2D eigenvalue weighted by Gasteiger charge is 2.17. The van der Waals surface area contributed by atoms with Crippen molar-refractivity contribution in [3.63, 3.8) is 0 Å². The van der Waals surface area contributed by atoms with Crippen molar-refractivity contribution < 1.29 is 8.42 Å². The van der Waals surface area contributed by atoms with Crippen molar-refractivity contribution >= 4 is 32.8 Å². The third-order valence-electron chi connectivity index (χ3n) is 4.02. The first-order valence-corrected chi connectivity index (χ1v) is 9.58. The lowest BCUT2D eigenvalue weighted by atomic mass is 10.2. The van der Waals surface area contributed by atoms with Crippen molar-refractivity contribution in [2.24, 2.45) is 0 Å². The molecule has 0 saturated carbocycles. The monoisotopic (exact) mass is 380 g/mol. The lowest BCUT2D eigenvalue weighted by Crippen LogP contribution is -2.15. The number of hydrogen-bond acceptors (Lipinski definition) is 6. The molecule has 0 bridgehead atoms. The molecule has 136 valence electrons. The summed E-state index contributed by atoms with van der Waals surface area (Å²) < 4.78 is 27.2. The summed E-state index contributed by atoms with van der Waals surface area (Å²) in [5.41, 5.74) is 9.11. The molecule has 0 atom stereocenters. The minimum atomic E-state index is -3.80. The molecule has 27 heavy (non-hydrogen) atoms. The Morgan fingerprint density at radius 1 is 1.04 bits per heavy atom. The predicted octanol–water partition coefficient (Wildman–Crippen LogP) is 2.71. The molecule has 0 amide bonds. The number of aromatic amines is 1. The predicted molar refractivity (Wildman–Crippen MR) is 104 cm³/mol. The lowest BCUT2D eigenvalue weighted by molar-refractivity contribution is 0.601. The van der Waals surface area contributed by atoms with Crippen LogP contribution in [-0.4, -0.2) is 28.4 Å². The van der Waals surface area contributed by atoms with Gasteiger partial charge in [0.15, 0.2) is 0 Å². The van der Waals surface area contributed by atoms with Crippen LogP contribution in [0, 0.1) is 6.92 Å². The summed E-state index contributed by atoms with van der Waals surface area (Å²) in [6.07, 6.45) is 1.44. The number of H-pyrrole nitrogens is 1. The smallest absolute Gasteiger partial charge is 0.264 e. The molecule has 0 unspecified atom stereocenters. The number of sulfonamides is 1. The Hall–Kier alpha value is -3.46. The second kappa shape index (κ2) is 6.36. The van der Waals surface area contributed by atoms with Crippen LogP contribution in [0.25, 0.3) is 22.4 Å². The minimum Gasteiger partial charge on any atom is -0.383 e. The third kappa shape index (κ3) is 3.32. The Kier molecular flexibility index (Phi) is 4.00. The van der Waals surface area contributed by atoms with E-state index in [4.69, 9.17) is 5.73 Å². The number of anilines is 2. The number of nitrogen functional groups attached to an aromatic ring is 1. The highest BCUT2D eigenvalue weighted by Crippen LogP contribution is 2.25. The average Bonchev–Trinajstić information content (AvgIpc) is 3.05. The molecule has 2 aromatic heterocycles. The first-order valence-electron chi connectivity index (χ1n) is 8.09. The highest BCUT2D eigenvalue weighted by atomic mass is 32.2. The van der Waals surface area contributed by atoms with E-state index >= 15 is 0 Å². The average molecular weight is 380 g/mol. The molecule has 8 nitrogen and oxygen atoms in total. The molecule has 0 aliphatic heterocycles. The Labute approximate surface area is 155 Å². The molecular weight excluding hydrogens is 364 g/mol. The summed E-state index contributed by atoms with van der Waals surface area (Å²) in [4.78, 5) is 15.9. The van der Waals surface area contributed by atoms with Gasteiger partial charge in [-0.2, -0.15) is 4.98 Å². The van der Waals surface area contributed by atoms with Crippen molar-refractivity contribution in [2.75, 3.05) is 10.5 Å². The van der Waals surface area contributed by atoms with E-state index in [0.717, 1.165) is 16.6 Å². The fraction of sp³-hybridized carbons (Fsp3) is 0.0556. The second-order valence-electron chi connectivity index (χ2n) is 6.01. The summed E-state index contributed by atoms with van der Waals surface area (Å²) in [7, 11) is -3.80. The maximum absolute atomic E-state index is 12.4. The number of nitrogens with two attached hydrogens (primary N) is 1. The van der Waals surface area contributed by atoms with Gasteiger partial charge in [-0.15, -0.1) is 0 Å². The van der Waals surface area contributed by atoms with Gasteiger partial charge >= 0.3 is 0 Å². The van der Waals surface area contributed by atoms with E-state index < -0.39 is 10.0 Å². The van der Waals surface area contributed by atoms with Crippen molar-refractivity contribution in [1.29, 1.82) is 0 Å². The molecule has 2 heterocycles. The van der Waals surface area contributed by atoms with Crippen molar-refractivity contribution in [1.82, 2.24) is 19.9 Å². The van der Waals surface area contributed by atoms with E-state index in [-0.39, 0.29) is 16.7 Å². The summed E-state index contributed by atoms with van der Waals surface area (Å²) in [5.74, 6) is 0.528. The molecule has 0 aliphatic carbocycles. The van der Waals surface area contributed by atoms with Crippen molar-refractivity contribution in [3.8, 4) is 11.4 Å². The number of para-hydroxylation sites is 2. The van der Waals surface area contributed by atoms with Crippen LogP contribution in [-0.2, 0) is 10.0 Å². The molecule has 9 heteroatoms. The van der Waals surface area contributed by atoms with E-state index in [1.807, 2.05) is 31.2 Å². The minimum absolute atomic E-state index is 0.104. The zero-order valence-electron chi connectivity index (χ0n) is 14.3. The van der Waals surface area contributed by atoms with Crippen LogP contribution >= 0.6 is 0 Å². The highest BCUT2D eigenvalue weighted by molar-refractivity contribution is 7.92. The largest absolute Gasteiger partial charge is 0.383 e. The zero-order valence-corrected chi connectivity index (χ0v) is 15.2. The van der Waals surface area contributed by atoms with Gasteiger partial charge in [0.1, 0.15) is 11.6 Å². The summed E-state index contributed by atoms with van der Waals surface area (Å²) >= 11 is 0. The molecule has 0 saturated heterocycles. The SMILES string of the molecule is Cc1ccc(S(=O)(=O)Nc2ncc(-c3nc4ccccc4[nH]3)c(N)n2)cc1. The third-order valence-corrected chi connectivity index (χ3v) is 5.36. The van der Waals surface area contributed by atoms with Crippen LogP contribution in [0.3, 0.4) is 0 Å². The van der Waals surface area contributed by atoms with E-state index in [2.05, 4.69) is 24.7 Å². The molecule has 0 aliphatic rings. The van der Waals surface area contributed by atoms with Crippen molar-refractivity contribution in [3.05, 3.63) is 60.3 Å². The number of nitrogens with zero attached hydrogens (tertiary/aromatic N) is 3. The molecule has 0 spiro atoms. The van der Waals surface area contributed by atoms with Crippen LogP contribution in [0.4, 0.5) is 11.8 Å². The number of hydrogen-bond donors (Lipinski definition) is 3. The zero-order chi connectivity index (χ0) is 19.0. The Balaban J connectivity index is 1.64.